The third-order valence-corrected chi connectivity index (χ3v) is 3.33. The van der Waals surface area contributed by atoms with Crippen LogP contribution in [-0.2, 0) is 10.0 Å². The van der Waals surface area contributed by atoms with Crippen molar-refractivity contribution in [1.29, 1.82) is 0 Å². The van der Waals surface area contributed by atoms with E-state index in [-0.39, 0.29) is 16.5 Å². The molecule has 0 aliphatic heterocycles. The van der Waals surface area contributed by atoms with Crippen LogP contribution < -0.4 is 4.72 Å². The zero-order chi connectivity index (χ0) is 10.6. The molecule has 14 heavy (non-hydrogen) atoms. The van der Waals surface area contributed by atoms with E-state index >= 15 is 0 Å². The molecule has 0 bridgehead atoms. The molecule has 0 saturated heterocycles. The van der Waals surface area contributed by atoms with Gasteiger partial charge in [0.25, 0.3) is 0 Å². The highest BCUT2D eigenvalue weighted by molar-refractivity contribution is 7.89. The lowest BCUT2D eigenvalue weighted by atomic mass is 10.5. The molecule has 0 unspecified atom stereocenters. The number of nitrogens with zero attached hydrogens (tertiary/aromatic N) is 1. The maximum absolute atomic E-state index is 11.5. The Labute approximate surface area is 87.7 Å². The Kier molecular flexibility index (Phi) is 3.62. The van der Waals surface area contributed by atoms with E-state index in [1.54, 1.807) is 0 Å². The van der Waals surface area contributed by atoms with Crippen LogP contribution in [0.1, 0.15) is 0 Å². The summed E-state index contributed by atoms with van der Waals surface area (Å²) in [5.74, 6) is 0. The Balaban J connectivity index is 3.04. The molecule has 0 aliphatic rings. The molecule has 0 amide bonds. The molecular formula is C8H9ClN2O2S. The minimum atomic E-state index is -3.57. The molecular weight excluding hydrogens is 224 g/mol. The summed E-state index contributed by atoms with van der Waals surface area (Å²) in [5.41, 5.74) is 0. The molecule has 1 aromatic rings. The third kappa shape index (κ3) is 2.54. The monoisotopic (exact) mass is 232 g/mol. The molecule has 1 aromatic heterocycles. The van der Waals surface area contributed by atoms with E-state index < -0.39 is 10.0 Å². The number of hydrogen-bond donors (Lipinski definition) is 1. The van der Waals surface area contributed by atoms with Crippen LogP contribution in [0.15, 0.2) is 36.0 Å². The first kappa shape index (κ1) is 11.2. The second-order valence-electron chi connectivity index (χ2n) is 2.45. The molecule has 1 rings (SSSR count). The minimum absolute atomic E-state index is 0.0245. The van der Waals surface area contributed by atoms with Crippen LogP contribution in [0.5, 0.6) is 0 Å². The molecule has 76 valence electrons. The van der Waals surface area contributed by atoms with Gasteiger partial charge >= 0.3 is 0 Å². The van der Waals surface area contributed by atoms with Crippen LogP contribution in [0.4, 0.5) is 0 Å². The van der Waals surface area contributed by atoms with Gasteiger partial charge in [0.2, 0.25) is 10.0 Å². The number of hydrogen-bond acceptors (Lipinski definition) is 3. The fourth-order valence-corrected chi connectivity index (χ4v) is 2.23. The Bertz CT molecular complexity index is 431. The quantitative estimate of drug-likeness (QED) is 0.794. The van der Waals surface area contributed by atoms with Gasteiger partial charge in [-0.2, -0.15) is 0 Å². The molecule has 0 spiro atoms. The number of nitrogens with one attached hydrogen (secondary N) is 1. The summed E-state index contributed by atoms with van der Waals surface area (Å²) in [4.78, 5) is 3.67. The molecule has 0 radical (unpaired) electrons. The van der Waals surface area contributed by atoms with Crippen molar-refractivity contribution < 1.29 is 8.42 Å². The van der Waals surface area contributed by atoms with Crippen LogP contribution in [0, 0.1) is 0 Å². The first-order chi connectivity index (χ1) is 6.58. The predicted octanol–water partition coefficient (Wildman–Crippen LogP) is 1.20. The Morgan fingerprint density at radius 3 is 2.93 bits per heavy atom. The number of sulfonamides is 1. The van der Waals surface area contributed by atoms with Crippen LogP contribution in [-0.4, -0.2) is 19.9 Å². The highest BCUT2D eigenvalue weighted by atomic mass is 35.5. The second-order valence-corrected chi connectivity index (χ2v) is 4.59. The fourth-order valence-electron chi connectivity index (χ4n) is 0.807. The molecule has 0 fully saturated rings. The van der Waals surface area contributed by atoms with E-state index in [4.69, 9.17) is 11.6 Å². The summed E-state index contributed by atoms with van der Waals surface area (Å²) >= 11 is 5.70. The molecule has 1 heterocycles. The van der Waals surface area contributed by atoms with Crippen molar-refractivity contribution in [2.45, 2.75) is 4.90 Å². The van der Waals surface area contributed by atoms with Gasteiger partial charge in [-0.25, -0.2) is 13.1 Å². The van der Waals surface area contributed by atoms with Gasteiger partial charge in [0.15, 0.2) is 0 Å². The van der Waals surface area contributed by atoms with Crippen LogP contribution >= 0.6 is 11.6 Å². The van der Waals surface area contributed by atoms with Crippen molar-refractivity contribution >= 4 is 21.6 Å². The zero-order valence-electron chi connectivity index (χ0n) is 7.27. The first-order valence-corrected chi connectivity index (χ1v) is 5.64. The van der Waals surface area contributed by atoms with Crippen LogP contribution in [0.2, 0.25) is 5.02 Å². The van der Waals surface area contributed by atoms with E-state index in [0.29, 0.717) is 0 Å². The average Bonchev–Trinajstić information content (AvgIpc) is 2.15. The summed E-state index contributed by atoms with van der Waals surface area (Å²) in [5, 5.41) is 0.150. The predicted molar refractivity (Wildman–Crippen MR) is 54.6 cm³/mol. The summed E-state index contributed by atoms with van der Waals surface area (Å²) in [6.07, 6.45) is 4.07. The highest BCUT2D eigenvalue weighted by Gasteiger charge is 2.16. The van der Waals surface area contributed by atoms with Gasteiger partial charge in [0.05, 0.1) is 5.02 Å². The summed E-state index contributed by atoms with van der Waals surface area (Å²) in [6, 6.07) is 1.42. The number of aromatic nitrogens is 1. The Hall–Kier alpha value is -0.910. The average molecular weight is 233 g/mol. The smallest absolute Gasteiger partial charge is 0.243 e. The van der Waals surface area contributed by atoms with E-state index in [2.05, 4.69) is 16.3 Å². The summed E-state index contributed by atoms with van der Waals surface area (Å²) < 4.78 is 25.4. The van der Waals surface area contributed by atoms with E-state index in [0.717, 1.165) is 0 Å². The molecule has 1 N–H and O–H groups in total. The van der Waals surface area contributed by atoms with Crippen molar-refractivity contribution in [3.8, 4) is 0 Å². The van der Waals surface area contributed by atoms with Crippen molar-refractivity contribution in [3.63, 3.8) is 0 Å². The fraction of sp³-hybridized carbons (Fsp3) is 0.125. The van der Waals surface area contributed by atoms with E-state index in [1.807, 2.05) is 0 Å². The van der Waals surface area contributed by atoms with Crippen LogP contribution in [0.25, 0.3) is 0 Å². The molecule has 0 aliphatic carbocycles. The number of halogens is 1. The molecule has 0 atom stereocenters. The molecule has 0 saturated carbocycles. The largest absolute Gasteiger partial charge is 0.263 e. The lowest BCUT2D eigenvalue weighted by Gasteiger charge is -2.04. The van der Waals surface area contributed by atoms with Crippen molar-refractivity contribution in [2.24, 2.45) is 0 Å². The topological polar surface area (TPSA) is 59.1 Å². The second kappa shape index (κ2) is 4.54. The van der Waals surface area contributed by atoms with Gasteiger partial charge in [-0.1, -0.05) is 17.7 Å². The third-order valence-electron chi connectivity index (χ3n) is 1.44. The normalized spacial score (nSPS) is 11.2. The summed E-state index contributed by atoms with van der Waals surface area (Å²) in [6.45, 7) is 3.56. The van der Waals surface area contributed by atoms with Gasteiger partial charge in [0, 0.05) is 18.9 Å². The lowest BCUT2D eigenvalue weighted by Crippen LogP contribution is -2.24. The maximum atomic E-state index is 11.5. The maximum Gasteiger partial charge on any atom is 0.243 e. The zero-order valence-corrected chi connectivity index (χ0v) is 8.85. The number of rotatable bonds is 4. The van der Waals surface area contributed by atoms with Crippen molar-refractivity contribution in [2.75, 3.05) is 6.54 Å². The SMILES string of the molecule is C=CCNS(=O)(=O)c1cnccc1Cl. The first-order valence-electron chi connectivity index (χ1n) is 3.78. The standard InChI is InChI=1S/C8H9ClN2O2S/c1-2-4-11-14(12,13)8-6-10-5-3-7(8)9/h2-3,5-6,11H,1,4H2. The molecule has 6 heteroatoms. The van der Waals surface area contributed by atoms with Gasteiger partial charge in [-0.15, -0.1) is 6.58 Å². The number of pyridine rings is 1. The molecule has 0 aromatic carbocycles. The Morgan fingerprint density at radius 2 is 2.36 bits per heavy atom. The van der Waals surface area contributed by atoms with Crippen LogP contribution in [0.3, 0.4) is 0 Å². The highest BCUT2D eigenvalue weighted by Crippen LogP contribution is 2.18. The van der Waals surface area contributed by atoms with Gasteiger partial charge in [0.1, 0.15) is 4.90 Å². The lowest BCUT2D eigenvalue weighted by molar-refractivity contribution is 0.585. The van der Waals surface area contributed by atoms with E-state index in [1.165, 1.54) is 24.5 Å². The van der Waals surface area contributed by atoms with Crippen molar-refractivity contribution in [1.82, 2.24) is 9.71 Å². The Morgan fingerprint density at radius 1 is 1.64 bits per heavy atom. The van der Waals surface area contributed by atoms with E-state index in [9.17, 15) is 8.42 Å². The minimum Gasteiger partial charge on any atom is -0.263 e. The van der Waals surface area contributed by atoms with Gasteiger partial charge in [-0.3, -0.25) is 4.98 Å². The van der Waals surface area contributed by atoms with Gasteiger partial charge < -0.3 is 0 Å². The van der Waals surface area contributed by atoms with Gasteiger partial charge in [-0.05, 0) is 6.07 Å². The molecule has 4 nitrogen and oxygen atoms in total. The van der Waals surface area contributed by atoms with Crippen molar-refractivity contribution in [3.05, 3.63) is 36.1 Å². The summed E-state index contributed by atoms with van der Waals surface area (Å²) in [7, 11) is -3.57.